The Bertz CT molecular complexity index is 877. The van der Waals surface area contributed by atoms with Crippen LogP contribution in [0, 0.1) is 0 Å². The summed E-state index contributed by atoms with van der Waals surface area (Å²) >= 11 is 0. The van der Waals surface area contributed by atoms with Crippen molar-refractivity contribution in [3.8, 4) is 0 Å². The number of nitrogens with two attached hydrogens (primary N) is 1. The van der Waals surface area contributed by atoms with Crippen molar-refractivity contribution < 1.29 is 9.15 Å². The molecule has 2 N–H and O–H groups in total. The number of benzene rings is 1. The molecule has 0 saturated carbocycles. The molecule has 0 atom stereocenters. The number of morpholine rings is 1. The number of amidine groups is 1. The Morgan fingerprint density at radius 3 is 2.68 bits per heavy atom. The number of nitrogens with zero attached hydrogens (tertiary/aromatic N) is 3. The lowest BCUT2D eigenvalue weighted by Crippen LogP contribution is -2.37. The van der Waals surface area contributed by atoms with Gasteiger partial charge in [-0.1, -0.05) is 19.9 Å². The predicted molar refractivity (Wildman–Crippen MR) is 114 cm³/mol. The first kappa shape index (κ1) is 20.2. The first-order chi connectivity index (χ1) is 13.8. The Morgan fingerprint density at radius 1 is 1.11 bits per heavy atom. The van der Waals surface area contributed by atoms with E-state index in [1.165, 1.54) is 10.9 Å². The van der Waals surface area contributed by atoms with Gasteiger partial charge in [0.2, 0.25) is 0 Å². The largest absolute Gasteiger partial charge is 0.461 e. The van der Waals surface area contributed by atoms with Gasteiger partial charge in [0.25, 0.3) is 0 Å². The lowest BCUT2D eigenvalue weighted by Gasteiger charge is -2.26. The molecule has 4 rings (SSSR count). The number of rotatable bonds is 6. The molecule has 0 unspecified atom stereocenters. The monoisotopic (exact) mass is 382 g/mol. The average Bonchev–Trinajstić information content (AvgIpc) is 3.41. The molecule has 1 aliphatic rings. The fraction of sp³-hybridized carbons (Fsp3) is 0.409. The van der Waals surface area contributed by atoms with E-state index < -0.39 is 0 Å². The van der Waals surface area contributed by atoms with E-state index in [9.17, 15) is 0 Å². The molecule has 1 aromatic carbocycles. The Labute approximate surface area is 166 Å². The molecule has 150 valence electrons. The normalized spacial score (nSPS) is 15.4. The van der Waals surface area contributed by atoms with Crippen LogP contribution < -0.4 is 5.73 Å². The number of aliphatic imine (C=N–C) groups is 1. The van der Waals surface area contributed by atoms with Gasteiger partial charge >= 0.3 is 0 Å². The molecule has 3 heterocycles. The van der Waals surface area contributed by atoms with Gasteiger partial charge in [-0.25, -0.2) is 4.99 Å². The average molecular weight is 383 g/mol. The molecule has 6 heteroatoms. The maximum Gasteiger partial charge on any atom is 0.168 e. The van der Waals surface area contributed by atoms with Crippen LogP contribution in [0.25, 0.3) is 10.9 Å². The van der Waals surface area contributed by atoms with Crippen LogP contribution in [0.3, 0.4) is 0 Å². The van der Waals surface area contributed by atoms with E-state index in [1.54, 1.807) is 12.3 Å². The van der Waals surface area contributed by atoms with Crippen molar-refractivity contribution in [3.63, 3.8) is 0 Å². The van der Waals surface area contributed by atoms with Gasteiger partial charge in [0.15, 0.2) is 11.6 Å². The van der Waals surface area contributed by atoms with E-state index >= 15 is 0 Å². The second-order valence-corrected chi connectivity index (χ2v) is 6.53. The molecule has 1 fully saturated rings. The molecular weight excluding hydrogens is 352 g/mol. The number of ether oxygens (including phenoxy) is 1. The third-order valence-corrected chi connectivity index (χ3v) is 4.76. The van der Waals surface area contributed by atoms with E-state index in [1.807, 2.05) is 26.0 Å². The van der Waals surface area contributed by atoms with Gasteiger partial charge in [-0.05, 0) is 42.1 Å². The van der Waals surface area contributed by atoms with Crippen molar-refractivity contribution in [2.45, 2.75) is 26.8 Å². The molecular formula is C22H30N4O2. The van der Waals surface area contributed by atoms with Crippen LogP contribution in [0.15, 0.2) is 58.3 Å². The molecule has 0 amide bonds. The van der Waals surface area contributed by atoms with Crippen LogP contribution in [0.4, 0.5) is 5.69 Å². The first-order valence-corrected chi connectivity index (χ1v) is 10.1. The lowest BCUT2D eigenvalue weighted by molar-refractivity contribution is 0.0369. The summed E-state index contributed by atoms with van der Waals surface area (Å²) in [6.45, 7) is 9.87. The summed E-state index contributed by atoms with van der Waals surface area (Å²) < 4.78 is 13.0. The number of aryl methyl sites for hydroxylation is 1. The Morgan fingerprint density at radius 2 is 1.93 bits per heavy atom. The van der Waals surface area contributed by atoms with E-state index in [2.05, 4.69) is 38.9 Å². The summed E-state index contributed by atoms with van der Waals surface area (Å²) in [5.74, 6) is 0.978. The van der Waals surface area contributed by atoms with E-state index in [4.69, 9.17) is 14.9 Å². The highest BCUT2D eigenvalue weighted by atomic mass is 16.5. The van der Waals surface area contributed by atoms with E-state index in [0.29, 0.717) is 11.6 Å². The van der Waals surface area contributed by atoms with Crippen molar-refractivity contribution in [2.24, 2.45) is 10.7 Å². The van der Waals surface area contributed by atoms with Crippen LogP contribution in [0.5, 0.6) is 0 Å². The molecule has 0 spiro atoms. The van der Waals surface area contributed by atoms with Gasteiger partial charge in [-0.2, -0.15) is 0 Å². The van der Waals surface area contributed by atoms with Crippen LogP contribution in [0.2, 0.25) is 0 Å². The summed E-state index contributed by atoms with van der Waals surface area (Å²) in [4.78, 5) is 6.96. The quantitative estimate of drug-likeness (QED) is 0.516. The second-order valence-electron chi connectivity index (χ2n) is 6.53. The third kappa shape index (κ3) is 5.03. The van der Waals surface area contributed by atoms with Gasteiger partial charge in [-0.15, -0.1) is 0 Å². The number of hydrogen-bond acceptors (Lipinski definition) is 4. The zero-order valence-electron chi connectivity index (χ0n) is 16.8. The topological polar surface area (TPSA) is 68.9 Å². The van der Waals surface area contributed by atoms with Crippen LogP contribution in [-0.2, 0) is 11.3 Å². The number of hydrogen-bond donors (Lipinski definition) is 1. The van der Waals surface area contributed by atoms with Crippen LogP contribution in [0.1, 0.15) is 26.0 Å². The number of aromatic nitrogens is 1. The zero-order chi connectivity index (χ0) is 19.8. The Balaban J connectivity index is 0.00000109. The molecule has 0 radical (unpaired) electrons. The smallest absolute Gasteiger partial charge is 0.168 e. The van der Waals surface area contributed by atoms with Crippen molar-refractivity contribution in [1.82, 2.24) is 9.47 Å². The minimum Gasteiger partial charge on any atom is -0.461 e. The van der Waals surface area contributed by atoms with Gasteiger partial charge in [0.05, 0.1) is 30.7 Å². The summed E-state index contributed by atoms with van der Waals surface area (Å²) in [6, 6.07) is 11.9. The van der Waals surface area contributed by atoms with E-state index in [-0.39, 0.29) is 0 Å². The standard InChI is InChI=1S/C20H24N4O2.C2H6/c21-20(19-3-1-12-26-19)22-17-5-4-16-6-9-24(18(16)15-17)8-2-7-23-10-13-25-14-11-23;1-2/h1,3-6,9,12,15H,2,7-8,10-11,13-14H2,(H2,21,22);1-2H3. The number of fused-ring (bicyclic) bond motifs is 1. The van der Waals surface area contributed by atoms with E-state index in [0.717, 1.165) is 51.5 Å². The SMILES string of the molecule is CC.NC(=Nc1ccc2ccn(CCCN3CCOCC3)c2c1)c1ccco1. The van der Waals surface area contributed by atoms with Crippen molar-refractivity contribution in [2.75, 3.05) is 32.8 Å². The molecule has 0 bridgehead atoms. The third-order valence-electron chi connectivity index (χ3n) is 4.76. The summed E-state index contributed by atoms with van der Waals surface area (Å²) in [7, 11) is 0. The maximum absolute atomic E-state index is 6.03. The molecule has 1 saturated heterocycles. The molecule has 0 aliphatic carbocycles. The minimum atomic E-state index is 0.389. The summed E-state index contributed by atoms with van der Waals surface area (Å²) in [6.07, 6.45) is 4.86. The van der Waals surface area contributed by atoms with Gasteiger partial charge in [0, 0.05) is 32.4 Å². The van der Waals surface area contributed by atoms with Gasteiger partial charge < -0.3 is 19.5 Å². The zero-order valence-corrected chi connectivity index (χ0v) is 16.8. The second kappa shape index (κ2) is 10.1. The molecule has 3 aromatic rings. The van der Waals surface area contributed by atoms with Gasteiger partial charge in [0.1, 0.15) is 0 Å². The Hall–Kier alpha value is -2.57. The first-order valence-electron chi connectivity index (χ1n) is 10.1. The Kier molecular flexibility index (Phi) is 7.28. The molecule has 28 heavy (non-hydrogen) atoms. The van der Waals surface area contributed by atoms with Crippen molar-refractivity contribution in [1.29, 1.82) is 0 Å². The van der Waals surface area contributed by atoms with Crippen molar-refractivity contribution >= 4 is 22.4 Å². The highest BCUT2D eigenvalue weighted by Crippen LogP contribution is 2.23. The summed E-state index contributed by atoms with van der Waals surface area (Å²) in [5.41, 5.74) is 8.04. The van der Waals surface area contributed by atoms with Gasteiger partial charge in [-0.3, -0.25) is 4.90 Å². The molecule has 6 nitrogen and oxygen atoms in total. The fourth-order valence-corrected chi connectivity index (χ4v) is 3.34. The maximum atomic E-state index is 6.03. The van der Waals surface area contributed by atoms with Crippen LogP contribution in [-0.4, -0.2) is 48.2 Å². The highest BCUT2D eigenvalue weighted by Gasteiger charge is 2.10. The number of furan rings is 1. The molecule has 2 aromatic heterocycles. The minimum absolute atomic E-state index is 0.389. The summed E-state index contributed by atoms with van der Waals surface area (Å²) in [5, 5.41) is 1.21. The fourth-order valence-electron chi connectivity index (χ4n) is 3.34. The lowest BCUT2D eigenvalue weighted by atomic mass is 10.2. The predicted octanol–water partition coefficient (Wildman–Crippen LogP) is 4.02. The highest BCUT2D eigenvalue weighted by molar-refractivity contribution is 5.97. The molecule has 1 aliphatic heterocycles. The van der Waals surface area contributed by atoms with Crippen molar-refractivity contribution in [3.05, 3.63) is 54.6 Å². The van der Waals surface area contributed by atoms with Crippen LogP contribution >= 0.6 is 0 Å².